The summed E-state index contributed by atoms with van der Waals surface area (Å²) < 4.78 is 0. The zero-order chi connectivity index (χ0) is 10.2. The van der Waals surface area contributed by atoms with E-state index in [0.717, 1.165) is 25.2 Å². The first-order chi connectivity index (χ1) is 6.83. The van der Waals surface area contributed by atoms with E-state index in [1.165, 1.54) is 38.5 Å². The van der Waals surface area contributed by atoms with Gasteiger partial charge in [-0.05, 0) is 31.6 Å². The molecule has 0 aromatic carbocycles. The first-order valence-corrected chi connectivity index (χ1v) is 6.12. The highest BCUT2D eigenvalue weighted by atomic mass is 16.3. The monoisotopic (exact) mass is 196 g/mol. The van der Waals surface area contributed by atoms with Crippen molar-refractivity contribution in [3.05, 3.63) is 12.7 Å². The smallest absolute Gasteiger partial charge is 0.0542 e. The van der Waals surface area contributed by atoms with Crippen LogP contribution in [-0.2, 0) is 0 Å². The van der Waals surface area contributed by atoms with Crippen molar-refractivity contribution in [3.63, 3.8) is 0 Å². The van der Waals surface area contributed by atoms with Crippen LogP contribution in [0.15, 0.2) is 12.7 Å². The van der Waals surface area contributed by atoms with Gasteiger partial charge >= 0.3 is 0 Å². The number of aliphatic hydroxyl groups is 1. The Kier molecular flexibility index (Phi) is 5.93. The molecule has 0 aliphatic heterocycles. The second-order valence-electron chi connectivity index (χ2n) is 4.61. The number of hydrogen-bond acceptors (Lipinski definition) is 1. The molecule has 1 fully saturated rings. The lowest BCUT2D eigenvalue weighted by Crippen LogP contribution is -2.19. The molecule has 0 spiro atoms. The lowest BCUT2D eigenvalue weighted by molar-refractivity contribution is 0.107. The molecule has 0 radical (unpaired) electrons. The number of allylic oxidation sites excluding steroid dienone is 1. The first kappa shape index (κ1) is 11.8. The van der Waals surface area contributed by atoms with Gasteiger partial charge in [0, 0.05) is 0 Å². The average Bonchev–Trinajstić information content (AvgIpc) is 2.11. The fraction of sp³-hybridized carbons (Fsp3) is 0.846. The number of aliphatic hydroxyl groups excluding tert-OH is 1. The van der Waals surface area contributed by atoms with Crippen molar-refractivity contribution in [2.75, 3.05) is 0 Å². The highest BCUT2D eigenvalue weighted by Gasteiger charge is 2.20. The van der Waals surface area contributed by atoms with Crippen LogP contribution in [0.3, 0.4) is 0 Å². The predicted molar refractivity (Wildman–Crippen MR) is 61.2 cm³/mol. The summed E-state index contributed by atoms with van der Waals surface area (Å²) in [5.74, 6) is 0.846. The van der Waals surface area contributed by atoms with E-state index in [-0.39, 0.29) is 6.10 Å². The summed E-state index contributed by atoms with van der Waals surface area (Å²) in [5, 5.41) is 9.72. The summed E-state index contributed by atoms with van der Waals surface area (Å²) in [6.07, 6.45) is 12.9. The second kappa shape index (κ2) is 7.05. The molecule has 1 aliphatic carbocycles. The molecule has 0 saturated heterocycles. The zero-order valence-electron chi connectivity index (χ0n) is 9.25. The van der Waals surface area contributed by atoms with Crippen LogP contribution in [-0.4, -0.2) is 11.2 Å². The van der Waals surface area contributed by atoms with Gasteiger partial charge in [0.2, 0.25) is 0 Å². The molecule has 1 nitrogen and oxygen atoms in total. The topological polar surface area (TPSA) is 20.2 Å². The Morgan fingerprint density at radius 2 is 2.07 bits per heavy atom. The molecule has 14 heavy (non-hydrogen) atoms. The van der Waals surface area contributed by atoms with Crippen LogP contribution in [0.1, 0.15) is 57.8 Å². The largest absolute Gasteiger partial charge is 0.393 e. The molecule has 0 aromatic rings. The lowest BCUT2D eigenvalue weighted by atomic mass is 9.81. The highest BCUT2D eigenvalue weighted by molar-refractivity contribution is 4.73. The summed E-state index contributed by atoms with van der Waals surface area (Å²) in [6, 6.07) is 0. The van der Waals surface area contributed by atoms with Gasteiger partial charge in [-0.25, -0.2) is 0 Å². The third-order valence-corrected chi connectivity index (χ3v) is 3.28. The van der Waals surface area contributed by atoms with Crippen LogP contribution < -0.4 is 0 Å². The van der Waals surface area contributed by atoms with E-state index >= 15 is 0 Å². The molecular weight excluding hydrogens is 172 g/mol. The van der Waals surface area contributed by atoms with E-state index < -0.39 is 0 Å². The Bertz CT molecular complexity index is 149. The maximum absolute atomic E-state index is 9.72. The van der Waals surface area contributed by atoms with Crippen molar-refractivity contribution >= 4 is 0 Å². The minimum Gasteiger partial charge on any atom is -0.393 e. The predicted octanol–water partition coefficient (Wildman–Crippen LogP) is 3.67. The van der Waals surface area contributed by atoms with Gasteiger partial charge in [0.15, 0.2) is 0 Å². The van der Waals surface area contributed by atoms with E-state index in [2.05, 4.69) is 6.58 Å². The van der Waals surface area contributed by atoms with Gasteiger partial charge < -0.3 is 5.11 Å². The summed E-state index contributed by atoms with van der Waals surface area (Å²) >= 11 is 0. The zero-order valence-corrected chi connectivity index (χ0v) is 9.25. The van der Waals surface area contributed by atoms with Gasteiger partial charge in [-0.3, -0.25) is 0 Å². The van der Waals surface area contributed by atoms with Crippen molar-refractivity contribution in [2.24, 2.45) is 5.92 Å². The van der Waals surface area contributed by atoms with Crippen LogP contribution >= 0.6 is 0 Å². The van der Waals surface area contributed by atoms with Crippen LogP contribution in [0.2, 0.25) is 0 Å². The third kappa shape index (κ3) is 4.80. The molecule has 82 valence electrons. The Hall–Kier alpha value is -0.300. The Balaban J connectivity index is 1.86. The quantitative estimate of drug-likeness (QED) is 0.464. The van der Waals surface area contributed by atoms with Gasteiger partial charge in [-0.15, -0.1) is 6.58 Å². The fourth-order valence-electron chi connectivity index (χ4n) is 2.08. The van der Waals surface area contributed by atoms with Crippen molar-refractivity contribution in [2.45, 2.75) is 63.9 Å². The molecule has 0 aromatic heterocycles. The summed E-state index contributed by atoms with van der Waals surface area (Å²) in [7, 11) is 0. The molecule has 0 bridgehead atoms. The molecule has 1 aliphatic rings. The number of rotatable bonds is 8. The van der Waals surface area contributed by atoms with Gasteiger partial charge in [0.1, 0.15) is 0 Å². The molecule has 1 atom stereocenters. The molecule has 0 heterocycles. The average molecular weight is 196 g/mol. The Morgan fingerprint density at radius 1 is 1.29 bits per heavy atom. The third-order valence-electron chi connectivity index (χ3n) is 3.28. The molecule has 1 N–H and O–H groups in total. The maximum atomic E-state index is 9.72. The second-order valence-corrected chi connectivity index (χ2v) is 4.61. The summed E-state index contributed by atoms with van der Waals surface area (Å²) in [6.45, 7) is 3.70. The van der Waals surface area contributed by atoms with E-state index in [0.29, 0.717) is 0 Å². The first-order valence-electron chi connectivity index (χ1n) is 6.12. The maximum Gasteiger partial charge on any atom is 0.0542 e. The van der Waals surface area contributed by atoms with Crippen LogP contribution in [0.4, 0.5) is 0 Å². The van der Waals surface area contributed by atoms with Gasteiger partial charge in [0.25, 0.3) is 0 Å². The van der Waals surface area contributed by atoms with Gasteiger partial charge in [0.05, 0.1) is 6.10 Å². The van der Waals surface area contributed by atoms with E-state index in [1.54, 1.807) is 0 Å². The SMILES string of the molecule is C=CCCCCCC(O)CC1CCC1. The van der Waals surface area contributed by atoms with Gasteiger partial charge in [-0.2, -0.15) is 0 Å². The molecule has 1 heteroatoms. The summed E-state index contributed by atoms with van der Waals surface area (Å²) in [5.41, 5.74) is 0. The normalized spacial score (nSPS) is 18.9. The lowest BCUT2D eigenvalue weighted by Gasteiger charge is -2.27. The molecule has 0 amide bonds. The van der Waals surface area contributed by atoms with Crippen molar-refractivity contribution in [1.82, 2.24) is 0 Å². The highest BCUT2D eigenvalue weighted by Crippen LogP contribution is 2.31. The van der Waals surface area contributed by atoms with E-state index in [9.17, 15) is 5.11 Å². The molecule has 1 saturated carbocycles. The molecule has 1 unspecified atom stereocenters. The fourth-order valence-corrected chi connectivity index (χ4v) is 2.08. The minimum absolute atomic E-state index is 0.0240. The number of hydrogen-bond donors (Lipinski definition) is 1. The van der Waals surface area contributed by atoms with Crippen LogP contribution in [0.5, 0.6) is 0 Å². The standard InChI is InChI=1S/C13H24O/c1-2-3-4-5-6-10-13(14)11-12-8-7-9-12/h2,12-14H,1,3-11H2. The van der Waals surface area contributed by atoms with E-state index in [4.69, 9.17) is 0 Å². The Morgan fingerprint density at radius 3 is 2.64 bits per heavy atom. The minimum atomic E-state index is -0.0240. The number of unbranched alkanes of at least 4 members (excludes halogenated alkanes) is 3. The van der Waals surface area contributed by atoms with Gasteiger partial charge in [-0.1, -0.05) is 38.2 Å². The molecule has 1 rings (SSSR count). The Labute approximate surface area is 88.2 Å². The van der Waals surface area contributed by atoms with Crippen molar-refractivity contribution in [3.8, 4) is 0 Å². The molecular formula is C13H24O. The van der Waals surface area contributed by atoms with Crippen LogP contribution in [0, 0.1) is 5.92 Å². The summed E-state index contributed by atoms with van der Waals surface area (Å²) in [4.78, 5) is 0. The van der Waals surface area contributed by atoms with Crippen molar-refractivity contribution < 1.29 is 5.11 Å². The van der Waals surface area contributed by atoms with Crippen molar-refractivity contribution in [1.29, 1.82) is 0 Å². The van der Waals surface area contributed by atoms with Crippen LogP contribution in [0.25, 0.3) is 0 Å². The van der Waals surface area contributed by atoms with E-state index in [1.807, 2.05) is 6.08 Å².